The first kappa shape index (κ1) is 13.9. The van der Waals surface area contributed by atoms with E-state index in [2.05, 4.69) is 29.6 Å². The number of hydrogen-bond acceptors (Lipinski definition) is 2. The summed E-state index contributed by atoms with van der Waals surface area (Å²) in [5.74, 6) is 1.55. The third-order valence-corrected chi connectivity index (χ3v) is 5.23. The molecule has 2 aromatic carbocycles. The van der Waals surface area contributed by atoms with Gasteiger partial charge in [-0.1, -0.05) is 42.5 Å². The molecule has 1 unspecified atom stereocenters. The summed E-state index contributed by atoms with van der Waals surface area (Å²) in [5, 5.41) is 3.19. The minimum atomic E-state index is -0.112. The standard InChI is InChI=1S/C20H20N2O2/c23-20-21-17(14-4-2-1-3-5-14)16-9-8-15-10-11-24-19(15)18(16)22(20)12-13-6-7-13/h1-5,8-9,13,17H,6-7,10-12H2,(H,21,23). The number of nitrogens with zero attached hydrogens (tertiary/aromatic N) is 1. The van der Waals surface area contributed by atoms with E-state index in [9.17, 15) is 4.79 Å². The molecular weight excluding hydrogens is 300 g/mol. The first-order valence-corrected chi connectivity index (χ1v) is 8.73. The van der Waals surface area contributed by atoms with Crippen LogP contribution in [0.15, 0.2) is 42.5 Å². The molecule has 24 heavy (non-hydrogen) atoms. The Morgan fingerprint density at radius 2 is 1.96 bits per heavy atom. The van der Waals surface area contributed by atoms with Crippen LogP contribution in [0.1, 0.15) is 35.6 Å². The minimum Gasteiger partial charge on any atom is -0.491 e. The highest BCUT2D eigenvalue weighted by atomic mass is 16.5. The summed E-state index contributed by atoms with van der Waals surface area (Å²) >= 11 is 0. The Labute approximate surface area is 141 Å². The summed E-state index contributed by atoms with van der Waals surface area (Å²) in [4.78, 5) is 14.8. The van der Waals surface area contributed by atoms with E-state index >= 15 is 0 Å². The van der Waals surface area contributed by atoms with Crippen LogP contribution >= 0.6 is 0 Å². The Balaban J connectivity index is 1.66. The molecule has 2 heterocycles. The maximum Gasteiger partial charge on any atom is 0.322 e. The van der Waals surface area contributed by atoms with Gasteiger partial charge in [-0.05, 0) is 29.9 Å². The number of carbonyl (C=O) groups excluding carboxylic acids is 1. The average molecular weight is 320 g/mol. The smallest absolute Gasteiger partial charge is 0.322 e. The lowest BCUT2D eigenvalue weighted by atomic mass is 9.92. The molecule has 1 atom stereocenters. The Morgan fingerprint density at radius 1 is 1.12 bits per heavy atom. The summed E-state index contributed by atoms with van der Waals surface area (Å²) < 4.78 is 5.94. The van der Waals surface area contributed by atoms with Gasteiger partial charge in [0.05, 0.1) is 18.3 Å². The maximum absolute atomic E-state index is 12.9. The van der Waals surface area contributed by atoms with E-state index in [4.69, 9.17) is 4.74 Å². The Bertz CT molecular complexity index is 799. The SMILES string of the molecule is O=C1NC(c2ccccc2)c2ccc3c(c2N1CC1CC1)OCC3. The zero-order valence-electron chi connectivity index (χ0n) is 13.5. The fourth-order valence-corrected chi connectivity index (χ4v) is 3.78. The fourth-order valence-electron chi connectivity index (χ4n) is 3.78. The average Bonchev–Trinajstić information content (AvgIpc) is 3.30. The molecule has 3 aliphatic rings. The molecule has 1 saturated carbocycles. The molecule has 1 aliphatic carbocycles. The van der Waals surface area contributed by atoms with Crippen molar-refractivity contribution in [1.82, 2.24) is 5.32 Å². The van der Waals surface area contributed by atoms with Gasteiger partial charge < -0.3 is 10.1 Å². The molecule has 1 N–H and O–H groups in total. The fraction of sp³-hybridized carbons (Fsp3) is 0.350. The number of carbonyl (C=O) groups is 1. The molecule has 2 amide bonds. The molecule has 122 valence electrons. The van der Waals surface area contributed by atoms with Gasteiger partial charge >= 0.3 is 6.03 Å². The second-order valence-corrected chi connectivity index (χ2v) is 6.94. The summed E-state index contributed by atoms with van der Waals surface area (Å²) in [6, 6.07) is 14.4. The topological polar surface area (TPSA) is 41.6 Å². The van der Waals surface area contributed by atoms with Crippen LogP contribution < -0.4 is 15.0 Å². The number of fused-ring (bicyclic) bond motifs is 3. The van der Waals surface area contributed by atoms with E-state index in [0.29, 0.717) is 12.5 Å². The van der Waals surface area contributed by atoms with Crippen LogP contribution in [-0.4, -0.2) is 19.2 Å². The van der Waals surface area contributed by atoms with Crippen LogP contribution in [0.25, 0.3) is 0 Å². The van der Waals surface area contributed by atoms with Gasteiger partial charge in [0.25, 0.3) is 0 Å². The van der Waals surface area contributed by atoms with Crippen molar-refractivity contribution in [3.05, 3.63) is 59.2 Å². The van der Waals surface area contributed by atoms with Gasteiger partial charge in [-0.2, -0.15) is 0 Å². The summed E-state index contributed by atoms with van der Waals surface area (Å²) in [7, 11) is 0. The predicted molar refractivity (Wildman–Crippen MR) is 92.5 cm³/mol. The Kier molecular flexibility index (Phi) is 3.05. The Morgan fingerprint density at radius 3 is 2.75 bits per heavy atom. The molecule has 4 heteroatoms. The number of hydrogen-bond donors (Lipinski definition) is 1. The molecule has 4 nitrogen and oxygen atoms in total. The molecule has 0 saturated heterocycles. The largest absolute Gasteiger partial charge is 0.491 e. The monoisotopic (exact) mass is 320 g/mol. The number of rotatable bonds is 3. The van der Waals surface area contributed by atoms with Crippen molar-refractivity contribution in [1.29, 1.82) is 0 Å². The molecule has 0 radical (unpaired) electrons. The van der Waals surface area contributed by atoms with E-state index in [1.165, 1.54) is 18.4 Å². The zero-order chi connectivity index (χ0) is 16.1. The van der Waals surface area contributed by atoms with Crippen molar-refractivity contribution >= 4 is 11.7 Å². The molecule has 5 rings (SSSR count). The summed E-state index contributed by atoms with van der Waals surface area (Å²) in [6.45, 7) is 1.50. The first-order chi connectivity index (χ1) is 11.8. The molecule has 2 aromatic rings. The third-order valence-electron chi connectivity index (χ3n) is 5.23. The number of nitrogens with one attached hydrogen (secondary N) is 1. The molecule has 1 fully saturated rings. The van der Waals surface area contributed by atoms with E-state index in [-0.39, 0.29) is 12.1 Å². The van der Waals surface area contributed by atoms with Gasteiger partial charge in [0.2, 0.25) is 0 Å². The van der Waals surface area contributed by atoms with E-state index in [1.807, 2.05) is 23.1 Å². The van der Waals surface area contributed by atoms with Crippen molar-refractivity contribution < 1.29 is 9.53 Å². The lowest BCUT2D eigenvalue weighted by Crippen LogP contribution is -2.48. The second kappa shape index (κ2) is 5.26. The van der Waals surface area contributed by atoms with Crippen molar-refractivity contribution in [2.24, 2.45) is 5.92 Å². The molecule has 0 bridgehead atoms. The highest BCUT2D eigenvalue weighted by Crippen LogP contribution is 2.46. The highest BCUT2D eigenvalue weighted by Gasteiger charge is 2.38. The maximum atomic E-state index is 12.9. The van der Waals surface area contributed by atoms with E-state index in [1.54, 1.807) is 0 Å². The Hall–Kier alpha value is -2.49. The number of benzene rings is 2. The number of urea groups is 1. The minimum absolute atomic E-state index is 0.00727. The lowest BCUT2D eigenvalue weighted by molar-refractivity contribution is 0.241. The van der Waals surface area contributed by atoms with Crippen LogP contribution in [0.2, 0.25) is 0 Å². The van der Waals surface area contributed by atoms with Gasteiger partial charge in [0.15, 0.2) is 0 Å². The van der Waals surface area contributed by atoms with Crippen molar-refractivity contribution in [2.45, 2.75) is 25.3 Å². The van der Waals surface area contributed by atoms with Crippen molar-refractivity contribution in [3.63, 3.8) is 0 Å². The highest BCUT2D eigenvalue weighted by molar-refractivity contribution is 5.98. The van der Waals surface area contributed by atoms with Gasteiger partial charge in [-0.3, -0.25) is 4.90 Å². The van der Waals surface area contributed by atoms with Gasteiger partial charge in [-0.25, -0.2) is 4.79 Å². The summed E-state index contributed by atoms with van der Waals surface area (Å²) in [6.07, 6.45) is 3.37. The van der Waals surface area contributed by atoms with Crippen LogP contribution in [0, 0.1) is 5.92 Å². The summed E-state index contributed by atoms with van der Waals surface area (Å²) in [5.41, 5.74) is 4.46. The third kappa shape index (κ3) is 2.17. The van der Waals surface area contributed by atoms with Crippen LogP contribution in [0.5, 0.6) is 5.75 Å². The number of ether oxygens (including phenoxy) is 1. The van der Waals surface area contributed by atoms with Gasteiger partial charge in [0.1, 0.15) is 5.75 Å². The van der Waals surface area contributed by atoms with Crippen LogP contribution in [0.4, 0.5) is 10.5 Å². The predicted octanol–water partition coefficient (Wildman–Crippen LogP) is 3.65. The normalized spacial score (nSPS) is 21.8. The molecule has 0 spiro atoms. The quantitative estimate of drug-likeness (QED) is 0.938. The van der Waals surface area contributed by atoms with Gasteiger partial charge in [-0.15, -0.1) is 0 Å². The molecule has 2 aliphatic heterocycles. The van der Waals surface area contributed by atoms with Gasteiger partial charge in [0, 0.05) is 18.5 Å². The number of amides is 2. The first-order valence-electron chi connectivity index (χ1n) is 8.73. The van der Waals surface area contributed by atoms with Crippen molar-refractivity contribution in [2.75, 3.05) is 18.1 Å². The lowest BCUT2D eigenvalue weighted by Gasteiger charge is -2.36. The van der Waals surface area contributed by atoms with Crippen LogP contribution in [-0.2, 0) is 6.42 Å². The molecule has 0 aromatic heterocycles. The second-order valence-electron chi connectivity index (χ2n) is 6.94. The van der Waals surface area contributed by atoms with E-state index in [0.717, 1.165) is 35.5 Å². The molecular formula is C20H20N2O2. The van der Waals surface area contributed by atoms with E-state index < -0.39 is 0 Å². The zero-order valence-corrected chi connectivity index (χ0v) is 13.5. The van der Waals surface area contributed by atoms with Crippen LogP contribution in [0.3, 0.4) is 0 Å². The van der Waals surface area contributed by atoms with Crippen molar-refractivity contribution in [3.8, 4) is 5.75 Å². The number of anilines is 1.